The van der Waals surface area contributed by atoms with E-state index in [2.05, 4.69) is 36.4 Å². The number of benzene rings is 2. The summed E-state index contributed by atoms with van der Waals surface area (Å²) in [4.78, 5) is 0. The summed E-state index contributed by atoms with van der Waals surface area (Å²) < 4.78 is 38.2. The van der Waals surface area contributed by atoms with E-state index in [1.165, 1.54) is 12.1 Å². The topological polar surface area (TPSA) is 12.0 Å². The Morgan fingerprint density at radius 2 is 1.50 bits per heavy atom. The molecule has 0 amide bonds. The van der Waals surface area contributed by atoms with E-state index < -0.39 is 19.8 Å². The standard InChI is InChI=1S/C19H20F3NSi/c1-24(2,3)14-13-18(23-17-7-5-4-6-8-17)15-9-11-16(12-10-15)19(20,21)22/h4-12,18,23H,1-3H3. The summed E-state index contributed by atoms with van der Waals surface area (Å²) in [6.07, 6.45) is -4.33. The molecule has 0 aliphatic rings. The maximum Gasteiger partial charge on any atom is 0.416 e. The van der Waals surface area contributed by atoms with Crippen molar-refractivity contribution in [2.75, 3.05) is 5.32 Å². The minimum atomic E-state index is -4.33. The molecule has 5 heteroatoms. The maximum atomic E-state index is 12.7. The van der Waals surface area contributed by atoms with Gasteiger partial charge in [-0.05, 0) is 29.8 Å². The van der Waals surface area contributed by atoms with Crippen molar-refractivity contribution < 1.29 is 13.2 Å². The number of halogens is 3. The van der Waals surface area contributed by atoms with Crippen LogP contribution in [0.5, 0.6) is 0 Å². The second-order valence-electron chi connectivity index (χ2n) is 6.58. The number of nitrogens with one attached hydrogen (secondary N) is 1. The summed E-state index contributed by atoms with van der Waals surface area (Å²) in [5.74, 6) is 3.20. The van der Waals surface area contributed by atoms with E-state index in [0.29, 0.717) is 0 Å². The molecule has 0 spiro atoms. The van der Waals surface area contributed by atoms with Gasteiger partial charge in [0, 0.05) is 5.69 Å². The van der Waals surface area contributed by atoms with Gasteiger partial charge in [0.2, 0.25) is 0 Å². The molecule has 0 saturated carbocycles. The molecule has 0 bridgehead atoms. The Morgan fingerprint density at radius 3 is 2.00 bits per heavy atom. The lowest BCUT2D eigenvalue weighted by Gasteiger charge is -2.17. The molecule has 1 nitrogen and oxygen atoms in total. The lowest BCUT2D eigenvalue weighted by Crippen LogP contribution is -2.18. The highest BCUT2D eigenvalue weighted by molar-refractivity contribution is 6.83. The molecule has 2 aromatic carbocycles. The Bertz CT molecular complexity index is 720. The average Bonchev–Trinajstić information content (AvgIpc) is 2.51. The first-order chi connectivity index (χ1) is 11.1. The van der Waals surface area contributed by atoms with E-state index in [9.17, 15) is 13.2 Å². The van der Waals surface area contributed by atoms with E-state index in [-0.39, 0.29) is 6.04 Å². The fraction of sp³-hybridized carbons (Fsp3) is 0.263. The van der Waals surface area contributed by atoms with Crippen molar-refractivity contribution in [1.29, 1.82) is 0 Å². The first kappa shape index (κ1) is 18.1. The van der Waals surface area contributed by atoms with Crippen LogP contribution in [-0.2, 0) is 6.18 Å². The number of alkyl halides is 3. The minimum Gasteiger partial charge on any atom is -0.368 e. The molecule has 0 fully saturated rings. The molecule has 0 aliphatic carbocycles. The van der Waals surface area contributed by atoms with Gasteiger partial charge in [-0.15, -0.1) is 5.54 Å². The molecule has 0 aromatic heterocycles. The molecule has 126 valence electrons. The first-order valence-corrected chi connectivity index (χ1v) is 11.2. The van der Waals surface area contributed by atoms with Crippen LogP contribution in [0.4, 0.5) is 18.9 Å². The molecule has 0 heterocycles. The Labute approximate surface area is 141 Å². The summed E-state index contributed by atoms with van der Waals surface area (Å²) in [5, 5.41) is 3.29. The fourth-order valence-electron chi connectivity index (χ4n) is 2.06. The smallest absolute Gasteiger partial charge is 0.368 e. The van der Waals surface area contributed by atoms with Crippen molar-refractivity contribution >= 4 is 13.8 Å². The molecule has 2 aromatic rings. The van der Waals surface area contributed by atoms with E-state index in [1.54, 1.807) is 0 Å². The van der Waals surface area contributed by atoms with Gasteiger partial charge in [0.05, 0.1) is 5.56 Å². The predicted octanol–water partition coefficient (Wildman–Crippen LogP) is 5.74. The third-order valence-corrected chi connectivity index (χ3v) is 4.14. The zero-order valence-corrected chi connectivity index (χ0v) is 14.9. The van der Waals surface area contributed by atoms with E-state index in [4.69, 9.17) is 0 Å². The van der Waals surface area contributed by atoms with Crippen LogP contribution in [0.15, 0.2) is 54.6 Å². The van der Waals surface area contributed by atoms with Gasteiger partial charge < -0.3 is 5.32 Å². The van der Waals surface area contributed by atoms with E-state index in [1.807, 2.05) is 30.3 Å². The largest absolute Gasteiger partial charge is 0.416 e. The number of hydrogen-bond donors (Lipinski definition) is 1. The molecular formula is C19H20F3NSi. The van der Waals surface area contributed by atoms with Gasteiger partial charge in [0.15, 0.2) is 0 Å². The van der Waals surface area contributed by atoms with Crippen LogP contribution in [0.2, 0.25) is 19.6 Å². The van der Waals surface area contributed by atoms with Gasteiger partial charge in [0.1, 0.15) is 14.1 Å². The second-order valence-corrected chi connectivity index (χ2v) is 11.3. The van der Waals surface area contributed by atoms with Crippen molar-refractivity contribution in [3.8, 4) is 11.5 Å². The van der Waals surface area contributed by atoms with Gasteiger partial charge in [-0.25, -0.2) is 0 Å². The van der Waals surface area contributed by atoms with Crippen molar-refractivity contribution in [2.45, 2.75) is 31.9 Å². The second kappa shape index (κ2) is 7.14. The molecule has 0 aliphatic heterocycles. The SMILES string of the molecule is C[Si](C)(C)C#CC(Nc1ccccc1)c1ccc(C(F)(F)F)cc1. The van der Waals surface area contributed by atoms with Crippen LogP contribution in [-0.4, -0.2) is 8.07 Å². The quantitative estimate of drug-likeness (QED) is 0.551. The molecule has 2 rings (SSSR count). The van der Waals surface area contributed by atoms with Gasteiger partial charge in [-0.1, -0.05) is 55.9 Å². The third-order valence-electron chi connectivity index (χ3n) is 3.25. The van der Waals surface area contributed by atoms with Crippen LogP contribution < -0.4 is 5.32 Å². The molecule has 0 radical (unpaired) electrons. The highest BCUT2D eigenvalue weighted by Crippen LogP contribution is 2.30. The number of anilines is 1. The van der Waals surface area contributed by atoms with Crippen molar-refractivity contribution in [1.82, 2.24) is 0 Å². The molecular weight excluding hydrogens is 327 g/mol. The van der Waals surface area contributed by atoms with Crippen LogP contribution in [0.1, 0.15) is 17.2 Å². The minimum absolute atomic E-state index is 0.346. The van der Waals surface area contributed by atoms with Gasteiger partial charge in [0.25, 0.3) is 0 Å². The molecule has 1 unspecified atom stereocenters. The maximum absolute atomic E-state index is 12.7. The summed E-state index contributed by atoms with van der Waals surface area (Å²) in [6, 6.07) is 14.4. The lowest BCUT2D eigenvalue weighted by molar-refractivity contribution is -0.137. The Hall–Kier alpha value is -2.19. The van der Waals surface area contributed by atoms with Crippen molar-refractivity contribution in [3.05, 3.63) is 65.7 Å². The zero-order chi connectivity index (χ0) is 17.8. The van der Waals surface area contributed by atoms with Crippen LogP contribution in [0.25, 0.3) is 0 Å². The number of rotatable bonds is 3. The zero-order valence-electron chi connectivity index (χ0n) is 13.9. The average molecular weight is 347 g/mol. The normalized spacial score (nSPS) is 12.9. The summed E-state index contributed by atoms with van der Waals surface area (Å²) in [6.45, 7) is 6.39. The third kappa shape index (κ3) is 5.46. The van der Waals surface area contributed by atoms with Crippen LogP contribution in [0, 0.1) is 11.5 Å². The van der Waals surface area contributed by atoms with Crippen LogP contribution in [0.3, 0.4) is 0 Å². The number of para-hydroxylation sites is 1. The van der Waals surface area contributed by atoms with Crippen molar-refractivity contribution in [3.63, 3.8) is 0 Å². The van der Waals surface area contributed by atoms with Gasteiger partial charge in [-0.2, -0.15) is 13.2 Å². The van der Waals surface area contributed by atoms with Crippen LogP contribution >= 0.6 is 0 Å². The van der Waals surface area contributed by atoms with E-state index in [0.717, 1.165) is 23.4 Å². The molecule has 1 atom stereocenters. The molecule has 0 saturated heterocycles. The van der Waals surface area contributed by atoms with Crippen molar-refractivity contribution in [2.24, 2.45) is 0 Å². The summed E-state index contributed by atoms with van der Waals surface area (Å²) in [7, 11) is -1.59. The molecule has 1 N–H and O–H groups in total. The number of hydrogen-bond acceptors (Lipinski definition) is 1. The van der Waals surface area contributed by atoms with E-state index >= 15 is 0 Å². The lowest BCUT2D eigenvalue weighted by atomic mass is 10.0. The molecule has 24 heavy (non-hydrogen) atoms. The summed E-state index contributed by atoms with van der Waals surface area (Å²) >= 11 is 0. The monoisotopic (exact) mass is 347 g/mol. The highest BCUT2D eigenvalue weighted by Gasteiger charge is 2.30. The predicted molar refractivity (Wildman–Crippen MR) is 95.4 cm³/mol. The Balaban J connectivity index is 2.32. The Kier molecular flexibility index (Phi) is 5.40. The highest BCUT2D eigenvalue weighted by atomic mass is 28.3. The van der Waals surface area contributed by atoms with Gasteiger partial charge in [-0.3, -0.25) is 0 Å². The Morgan fingerprint density at radius 1 is 0.917 bits per heavy atom. The summed E-state index contributed by atoms with van der Waals surface area (Å²) in [5.41, 5.74) is 4.24. The first-order valence-electron chi connectivity index (χ1n) is 7.67. The fourth-order valence-corrected chi connectivity index (χ4v) is 2.63. The van der Waals surface area contributed by atoms with Gasteiger partial charge >= 0.3 is 6.18 Å².